The third-order valence-corrected chi connectivity index (χ3v) is 1.22. The third kappa shape index (κ3) is 1.83. The predicted molar refractivity (Wildman–Crippen MR) is 27.2 cm³/mol. The van der Waals surface area contributed by atoms with E-state index in [9.17, 15) is 17.6 Å². The molecule has 0 rings (SSSR count). The summed E-state index contributed by atoms with van der Waals surface area (Å²) in [5.41, 5.74) is 0. The van der Waals surface area contributed by atoms with Crippen LogP contribution in [0.5, 0.6) is 0 Å². The Balaban J connectivity index is 4.09. The molecule has 1 nitrogen and oxygen atoms in total. The Labute approximate surface area is 55.7 Å². The van der Waals surface area contributed by atoms with Crippen LogP contribution in [0.1, 0.15) is 6.92 Å². The molecule has 0 aliphatic heterocycles. The van der Waals surface area contributed by atoms with E-state index in [2.05, 4.69) is 0 Å². The maximum absolute atomic E-state index is 12.0. The second kappa shape index (κ2) is 3.18. The van der Waals surface area contributed by atoms with Crippen molar-refractivity contribution in [1.29, 1.82) is 0 Å². The number of aliphatic hydroxyl groups is 1. The summed E-state index contributed by atoms with van der Waals surface area (Å²) >= 11 is 0. The summed E-state index contributed by atoms with van der Waals surface area (Å²) in [6.07, 6.45) is -3.70. The normalized spacial score (nSPS) is 15.9. The van der Waals surface area contributed by atoms with E-state index in [1.807, 2.05) is 0 Å². The average molecular weight is 160 g/mol. The zero-order valence-electron chi connectivity index (χ0n) is 5.32. The topological polar surface area (TPSA) is 20.2 Å². The van der Waals surface area contributed by atoms with E-state index in [-0.39, 0.29) is 0 Å². The lowest BCUT2D eigenvalue weighted by Gasteiger charge is -2.20. The van der Waals surface area contributed by atoms with Crippen molar-refractivity contribution in [2.75, 3.05) is 6.61 Å². The monoisotopic (exact) mass is 160 g/mol. The summed E-state index contributed by atoms with van der Waals surface area (Å²) in [7, 11) is 0. The van der Waals surface area contributed by atoms with E-state index in [1.165, 1.54) is 0 Å². The number of hydrogen-bond acceptors (Lipinski definition) is 1. The van der Waals surface area contributed by atoms with Crippen molar-refractivity contribution in [2.24, 2.45) is 5.92 Å². The first-order valence-electron chi connectivity index (χ1n) is 2.69. The van der Waals surface area contributed by atoms with Crippen LogP contribution >= 0.6 is 0 Å². The fourth-order valence-corrected chi connectivity index (χ4v) is 0.337. The van der Waals surface area contributed by atoms with Gasteiger partial charge in [-0.05, 0) is 0 Å². The van der Waals surface area contributed by atoms with Crippen molar-refractivity contribution in [3.63, 3.8) is 0 Å². The number of aliphatic hydroxyl groups excluding tert-OH is 1. The highest BCUT2D eigenvalue weighted by Crippen LogP contribution is 2.30. The van der Waals surface area contributed by atoms with Gasteiger partial charge in [-0.15, -0.1) is 0 Å². The first kappa shape index (κ1) is 9.68. The van der Waals surface area contributed by atoms with Gasteiger partial charge in [0.2, 0.25) is 0 Å². The van der Waals surface area contributed by atoms with Crippen LogP contribution in [-0.2, 0) is 0 Å². The quantitative estimate of drug-likeness (QED) is 0.620. The van der Waals surface area contributed by atoms with Crippen molar-refractivity contribution in [2.45, 2.75) is 19.3 Å². The standard InChI is InChI=1S/C5H8F4O/c1-3(2-10)5(8,9)4(6)7/h3-4,10H,2H2,1H3. The Morgan fingerprint density at radius 1 is 1.40 bits per heavy atom. The number of rotatable bonds is 3. The highest BCUT2D eigenvalue weighted by molar-refractivity contribution is 4.75. The first-order chi connectivity index (χ1) is 4.42. The van der Waals surface area contributed by atoms with Gasteiger partial charge in [0.1, 0.15) is 0 Å². The van der Waals surface area contributed by atoms with Gasteiger partial charge in [0.05, 0.1) is 6.61 Å². The van der Waals surface area contributed by atoms with Gasteiger partial charge >= 0.3 is 12.3 Å². The molecule has 1 N–H and O–H groups in total. The molecule has 0 aromatic heterocycles. The molecule has 0 radical (unpaired) electrons. The van der Waals surface area contributed by atoms with E-state index in [0.717, 1.165) is 6.92 Å². The Morgan fingerprint density at radius 3 is 1.90 bits per heavy atom. The molecule has 10 heavy (non-hydrogen) atoms. The molecular weight excluding hydrogens is 152 g/mol. The van der Waals surface area contributed by atoms with E-state index < -0.39 is 24.9 Å². The minimum atomic E-state index is -4.07. The second-order valence-electron chi connectivity index (χ2n) is 2.06. The zero-order valence-corrected chi connectivity index (χ0v) is 5.32. The van der Waals surface area contributed by atoms with Gasteiger partial charge in [0, 0.05) is 5.92 Å². The molecular formula is C5H8F4O. The van der Waals surface area contributed by atoms with Gasteiger partial charge in [0.15, 0.2) is 0 Å². The van der Waals surface area contributed by atoms with E-state index in [4.69, 9.17) is 5.11 Å². The van der Waals surface area contributed by atoms with Gasteiger partial charge in [0.25, 0.3) is 0 Å². The van der Waals surface area contributed by atoms with Crippen molar-refractivity contribution in [1.82, 2.24) is 0 Å². The Kier molecular flexibility index (Phi) is 3.08. The van der Waals surface area contributed by atoms with Gasteiger partial charge in [-0.25, -0.2) is 8.78 Å². The molecule has 0 bridgehead atoms. The summed E-state index contributed by atoms with van der Waals surface area (Å²) < 4.78 is 46.8. The maximum atomic E-state index is 12.0. The lowest BCUT2D eigenvalue weighted by Crippen LogP contribution is -2.36. The molecule has 0 fully saturated rings. The van der Waals surface area contributed by atoms with Crippen LogP contribution in [0.15, 0.2) is 0 Å². The SMILES string of the molecule is CC(CO)C(F)(F)C(F)F. The molecule has 0 aromatic carbocycles. The molecule has 0 saturated heterocycles. The summed E-state index contributed by atoms with van der Waals surface area (Å²) in [5.74, 6) is -5.76. The highest BCUT2D eigenvalue weighted by Gasteiger charge is 2.45. The van der Waals surface area contributed by atoms with E-state index >= 15 is 0 Å². The van der Waals surface area contributed by atoms with Crippen LogP contribution in [0, 0.1) is 5.92 Å². The van der Waals surface area contributed by atoms with Crippen LogP contribution < -0.4 is 0 Å². The minimum absolute atomic E-state index is 0.867. The summed E-state index contributed by atoms with van der Waals surface area (Å²) in [6, 6.07) is 0. The Morgan fingerprint density at radius 2 is 1.80 bits per heavy atom. The van der Waals surface area contributed by atoms with Crippen molar-refractivity contribution in [3.8, 4) is 0 Å². The molecule has 5 heteroatoms. The molecule has 0 aliphatic carbocycles. The Hall–Kier alpha value is -0.320. The summed E-state index contributed by atoms with van der Waals surface area (Å²) in [4.78, 5) is 0. The number of halogens is 4. The number of alkyl halides is 4. The first-order valence-corrected chi connectivity index (χ1v) is 2.69. The lowest BCUT2D eigenvalue weighted by atomic mass is 10.1. The molecule has 0 aliphatic rings. The third-order valence-electron chi connectivity index (χ3n) is 1.22. The van der Waals surface area contributed by atoms with Crippen LogP contribution in [0.2, 0.25) is 0 Å². The van der Waals surface area contributed by atoms with Crippen molar-refractivity contribution >= 4 is 0 Å². The minimum Gasteiger partial charge on any atom is -0.396 e. The molecule has 1 atom stereocenters. The van der Waals surface area contributed by atoms with Crippen LogP contribution in [0.4, 0.5) is 17.6 Å². The fourth-order valence-electron chi connectivity index (χ4n) is 0.337. The Bertz CT molecular complexity index is 104. The molecule has 0 saturated carbocycles. The molecule has 0 aromatic rings. The molecule has 0 spiro atoms. The van der Waals surface area contributed by atoms with Crippen molar-refractivity contribution < 1.29 is 22.7 Å². The fraction of sp³-hybridized carbons (Fsp3) is 1.00. The largest absolute Gasteiger partial charge is 0.396 e. The van der Waals surface area contributed by atoms with E-state index in [0.29, 0.717) is 0 Å². The second-order valence-corrected chi connectivity index (χ2v) is 2.06. The van der Waals surface area contributed by atoms with Gasteiger partial charge in [-0.3, -0.25) is 0 Å². The van der Waals surface area contributed by atoms with Gasteiger partial charge < -0.3 is 5.11 Å². The van der Waals surface area contributed by atoms with Crippen LogP contribution in [0.25, 0.3) is 0 Å². The highest BCUT2D eigenvalue weighted by atomic mass is 19.3. The predicted octanol–water partition coefficient (Wildman–Crippen LogP) is 1.52. The molecule has 0 amide bonds. The van der Waals surface area contributed by atoms with Gasteiger partial charge in [-0.2, -0.15) is 8.78 Å². The molecule has 0 heterocycles. The van der Waals surface area contributed by atoms with Gasteiger partial charge in [-0.1, -0.05) is 6.92 Å². The smallest absolute Gasteiger partial charge is 0.312 e. The van der Waals surface area contributed by atoms with Crippen LogP contribution in [-0.4, -0.2) is 24.1 Å². The summed E-state index contributed by atoms with van der Waals surface area (Å²) in [6.45, 7) is -0.0660. The molecule has 62 valence electrons. The average Bonchev–Trinajstić information content (AvgIpc) is 1.86. The maximum Gasteiger partial charge on any atom is 0.312 e. The number of hydrogen-bond donors (Lipinski definition) is 1. The molecule has 1 unspecified atom stereocenters. The summed E-state index contributed by atoms with van der Waals surface area (Å²) in [5, 5.41) is 8.11. The zero-order chi connectivity index (χ0) is 8.36. The van der Waals surface area contributed by atoms with E-state index in [1.54, 1.807) is 0 Å². The van der Waals surface area contributed by atoms with Crippen molar-refractivity contribution in [3.05, 3.63) is 0 Å². The lowest BCUT2D eigenvalue weighted by molar-refractivity contribution is -0.168. The van der Waals surface area contributed by atoms with Crippen LogP contribution in [0.3, 0.4) is 0 Å².